The second kappa shape index (κ2) is 6.56. The van der Waals surface area contributed by atoms with Crippen molar-refractivity contribution in [2.45, 2.75) is 0 Å². The van der Waals surface area contributed by atoms with Crippen LogP contribution in [0.4, 0.5) is 0 Å². The molecule has 0 unspecified atom stereocenters. The molecule has 0 spiro atoms. The number of rotatable bonds is 2. The van der Waals surface area contributed by atoms with Crippen LogP contribution >= 0.6 is 24.0 Å². The highest BCUT2D eigenvalue weighted by Gasteiger charge is 2.38. The maximum atomic E-state index is 12.6. The summed E-state index contributed by atoms with van der Waals surface area (Å²) in [6, 6.07) is 11.0. The second-order valence-corrected chi connectivity index (χ2v) is 6.44. The van der Waals surface area contributed by atoms with Gasteiger partial charge in [0.1, 0.15) is 5.76 Å². The average molecular weight is 353 g/mol. The molecule has 4 nitrogen and oxygen atoms in total. The Kier molecular flexibility index (Phi) is 4.67. The topological polar surface area (TPSA) is 45.5 Å². The first-order valence-corrected chi connectivity index (χ1v) is 7.95. The van der Waals surface area contributed by atoms with Crippen LogP contribution in [0.1, 0.15) is 10.6 Å². The molecule has 1 aromatic heterocycles. The molecule has 6 heteroatoms. The minimum atomic E-state index is -0.0206. The van der Waals surface area contributed by atoms with Gasteiger partial charge >= 0.3 is 0 Å². The molecule has 2 aromatic rings. The minimum Gasteiger partial charge on any atom is -0.451 e. The molecule has 4 rings (SSSR count). The molecule has 2 aliphatic rings. The minimum absolute atomic E-state index is 0. The molecule has 3 heterocycles. The van der Waals surface area contributed by atoms with Crippen LogP contribution in [-0.4, -0.2) is 37.0 Å². The lowest BCUT2D eigenvalue weighted by Crippen LogP contribution is -2.31. The predicted molar refractivity (Wildman–Crippen MR) is 92.2 cm³/mol. The molecule has 1 aromatic carbocycles. The number of likely N-dealkylation sites (tertiary alicyclic amines) is 1. The third-order valence-corrected chi connectivity index (χ3v) is 4.96. The van der Waals surface area contributed by atoms with Crippen LogP contribution in [0.15, 0.2) is 40.8 Å². The molecular weight excluding hydrogens is 335 g/mol. The van der Waals surface area contributed by atoms with Crippen LogP contribution in [0.3, 0.4) is 0 Å². The highest BCUT2D eigenvalue weighted by atomic mass is 35.5. The standard InChI is InChI=1S/C17H17ClN2O2.ClH/c18-14-4-2-1-3-13(14)15-5-6-16(22-15)17(21)20-9-11-7-19-8-12(11)10-20;/h1-6,11-12,19H,7-10H2;1H/t11-,12+;. The van der Waals surface area contributed by atoms with E-state index in [1.807, 2.05) is 35.2 Å². The number of furan rings is 1. The van der Waals surface area contributed by atoms with Crippen molar-refractivity contribution in [2.24, 2.45) is 11.8 Å². The van der Waals surface area contributed by atoms with Crippen LogP contribution in [0, 0.1) is 11.8 Å². The average Bonchev–Trinajstić information content (AvgIpc) is 3.22. The summed E-state index contributed by atoms with van der Waals surface area (Å²) in [5, 5.41) is 4.00. The molecule has 0 radical (unpaired) electrons. The summed E-state index contributed by atoms with van der Waals surface area (Å²) in [5.41, 5.74) is 0.811. The summed E-state index contributed by atoms with van der Waals surface area (Å²) < 4.78 is 5.76. The molecule has 0 bridgehead atoms. The van der Waals surface area contributed by atoms with Crippen molar-refractivity contribution >= 4 is 29.9 Å². The summed E-state index contributed by atoms with van der Waals surface area (Å²) in [5.74, 6) is 2.18. The number of fused-ring (bicyclic) bond motifs is 1. The van der Waals surface area contributed by atoms with E-state index in [-0.39, 0.29) is 18.3 Å². The van der Waals surface area contributed by atoms with E-state index in [9.17, 15) is 4.79 Å². The first kappa shape index (κ1) is 16.4. The Labute approximate surface area is 146 Å². The van der Waals surface area contributed by atoms with Crippen molar-refractivity contribution in [2.75, 3.05) is 26.2 Å². The molecule has 2 saturated heterocycles. The molecule has 1 N–H and O–H groups in total. The maximum Gasteiger partial charge on any atom is 0.289 e. The summed E-state index contributed by atoms with van der Waals surface area (Å²) in [4.78, 5) is 14.5. The van der Waals surface area contributed by atoms with E-state index in [1.54, 1.807) is 6.07 Å². The summed E-state index contributed by atoms with van der Waals surface area (Å²) in [6.07, 6.45) is 0. The van der Waals surface area contributed by atoms with Gasteiger partial charge in [0.2, 0.25) is 0 Å². The molecule has 2 aliphatic heterocycles. The van der Waals surface area contributed by atoms with E-state index in [2.05, 4.69) is 5.32 Å². The van der Waals surface area contributed by atoms with Gasteiger partial charge in [0.15, 0.2) is 5.76 Å². The van der Waals surface area contributed by atoms with Gasteiger partial charge in [0.25, 0.3) is 5.91 Å². The molecule has 122 valence electrons. The smallest absolute Gasteiger partial charge is 0.289 e. The fourth-order valence-electron chi connectivity index (χ4n) is 3.44. The van der Waals surface area contributed by atoms with Crippen LogP contribution < -0.4 is 5.32 Å². The molecular formula is C17H18Cl2N2O2. The van der Waals surface area contributed by atoms with Gasteiger partial charge in [0, 0.05) is 31.7 Å². The molecule has 2 fully saturated rings. The first-order chi connectivity index (χ1) is 10.7. The van der Waals surface area contributed by atoms with Gasteiger partial charge in [-0.15, -0.1) is 12.4 Å². The summed E-state index contributed by atoms with van der Waals surface area (Å²) in [7, 11) is 0. The Bertz CT molecular complexity index is 704. The fraction of sp³-hybridized carbons (Fsp3) is 0.353. The van der Waals surface area contributed by atoms with Gasteiger partial charge in [-0.2, -0.15) is 0 Å². The van der Waals surface area contributed by atoms with E-state index in [1.165, 1.54) is 0 Å². The number of nitrogens with zero attached hydrogens (tertiary/aromatic N) is 1. The Morgan fingerprint density at radius 2 is 1.83 bits per heavy atom. The third kappa shape index (κ3) is 2.99. The van der Waals surface area contributed by atoms with Gasteiger partial charge in [0.05, 0.1) is 5.02 Å². The molecule has 0 saturated carbocycles. The maximum absolute atomic E-state index is 12.6. The van der Waals surface area contributed by atoms with Gasteiger partial charge in [-0.1, -0.05) is 23.7 Å². The van der Waals surface area contributed by atoms with Gasteiger partial charge in [-0.05, 0) is 36.1 Å². The molecule has 2 atom stereocenters. The monoisotopic (exact) mass is 352 g/mol. The van der Waals surface area contributed by atoms with Gasteiger partial charge in [-0.3, -0.25) is 4.79 Å². The van der Waals surface area contributed by atoms with E-state index in [0.717, 1.165) is 31.7 Å². The molecule has 1 amide bonds. The fourth-order valence-corrected chi connectivity index (χ4v) is 3.66. The third-order valence-electron chi connectivity index (χ3n) is 4.63. The highest BCUT2D eigenvalue weighted by molar-refractivity contribution is 6.33. The second-order valence-electron chi connectivity index (χ2n) is 6.03. The van der Waals surface area contributed by atoms with Crippen molar-refractivity contribution in [3.05, 3.63) is 47.2 Å². The van der Waals surface area contributed by atoms with Crippen molar-refractivity contribution in [1.29, 1.82) is 0 Å². The number of carbonyl (C=O) groups excluding carboxylic acids is 1. The van der Waals surface area contributed by atoms with E-state index >= 15 is 0 Å². The quantitative estimate of drug-likeness (QED) is 0.901. The molecule has 23 heavy (non-hydrogen) atoms. The van der Waals surface area contributed by atoms with Gasteiger partial charge in [-0.25, -0.2) is 0 Å². The van der Waals surface area contributed by atoms with E-state index < -0.39 is 0 Å². The zero-order valence-electron chi connectivity index (χ0n) is 12.5. The Balaban J connectivity index is 0.00000156. The SMILES string of the molecule is Cl.O=C(c1ccc(-c2ccccc2Cl)o1)N1C[C@H]2CNC[C@H]2C1. The Hall–Kier alpha value is -1.49. The van der Waals surface area contributed by atoms with Crippen molar-refractivity contribution in [3.63, 3.8) is 0 Å². The number of amides is 1. The lowest BCUT2D eigenvalue weighted by molar-refractivity contribution is 0.0751. The largest absolute Gasteiger partial charge is 0.451 e. The van der Waals surface area contributed by atoms with Crippen LogP contribution in [0.2, 0.25) is 5.02 Å². The van der Waals surface area contributed by atoms with Crippen LogP contribution in [0.5, 0.6) is 0 Å². The van der Waals surface area contributed by atoms with Gasteiger partial charge < -0.3 is 14.6 Å². The lowest BCUT2D eigenvalue weighted by Gasteiger charge is -2.15. The number of nitrogens with one attached hydrogen (secondary N) is 1. The van der Waals surface area contributed by atoms with Crippen LogP contribution in [-0.2, 0) is 0 Å². The number of carbonyl (C=O) groups is 1. The predicted octanol–water partition coefficient (Wildman–Crippen LogP) is 3.31. The number of hydrogen-bond donors (Lipinski definition) is 1. The molecule has 0 aliphatic carbocycles. The first-order valence-electron chi connectivity index (χ1n) is 7.57. The normalized spacial score (nSPS) is 22.7. The number of benzene rings is 1. The highest BCUT2D eigenvalue weighted by Crippen LogP contribution is 2.31. The van der Waals surface area contributed by atoms with Crippen molar-refractivity contribution in [3.8, 4) is 11.3 Å². The summed E-state index contributed by atoms with van der Waals surface area (Å²) in [6.45, 7) is 3.66. The lowest BCUT2D eigenvalue weighted by atomic mass is 10.0. The van der Waals surface area contributed by atoms with Crippen molar-refractivity contribution in [1.82, 2.24) is 10.2 Å². The zero-order chi connectivity index (χ0) is 15.1. The van der Waals surface area contributed by atoms with E-state index in [4.69, 9.17) is 16.0 Å². The Morgan fingerprint density at radius 1 is 1.13 bits per heavy atom. The van der Waals surface area contributed by atoms with Crippen LogP contribution in [0.25, 0.3) is 11.3 Å². The number of halogens is 2. The Morgan fingerprint density at radius 3 is 2.52 bits per heavy atom. The van der Waals surface area contributed by atoms with Crippen molar-refractivity contribution < 1.29 is 9.21 Å². The zero-order valence-corrected chi connectivity index (χ0v) is 14.1. The van der Waals surface area contributed by atoms with E-state index in [0.29, 0.717) is 28.4 Å². The summed E-state index contributed by atoms with van der Waals surface area (Å²) >= 11 is 6.18. The number of hydrogen-bond acceptors (Lipinski definition) is 3.